The van der Waals surface area contributed by atoms with Crippen molar-refractivity contribution >= 4 is 17.6 Å². The van der Waals surface area contributed by atoms with E-state index >= 15 is 0 Å². The summed E-state index contributed by atoms with van der Waals surface area (Å²) in [4.78, 5) is 32.6. The first-order valence-corrected chi connectivity index (χ1v) is 12.6. The van der Waals surface area contributed by atoms with E-state index in [0.717, 1.165) is 33.8 Å². The molecule has 0 fully saturated rings. The predicted molar refractivity (Wildman–Crippen MR) is 146 cm³/mol. The van der Waals surface area contributed by atoms with Gasteiger partial charge in [0.05, 0.1) is 12.3 Å². The van der Waals surface area contributed by atoms with Crippen LogP contribution in [0.2, 0.25) is 0 Å². The predicted octanol–water partition coefficient (Wildman–Crippen LogP) is 4.81. The van der Waals surface area contributed by atoms with E-state index in [1.807, 2.05) is 75.3 Å². The van der Waals surface area contributed by atoms with Crippen molar-refractivity contribution in [2.24, 2.45) is 0 Å². The number of aliphatic carboxylic acids is 1. The third kappa shape index (κ3) is 6.14. The minimum atomic E-state index is -1.01. The molecule has 0 aliphatic carbocycles. The fraction of sp³-hybridized carbons (Fsp3) is 0.300. The van der Waals surface area contributed by atoms with Crippen LogP contribution in [0.4, 0.5) is 5.69 Å². The fourth-order valence-corrected chi connectivity index (χ4v) is 4.40. The summed E-state index contributed by atoms with van der Waals surface area (Å²) in [6, 6.07) is 12.8. The largest absolute Gasteiger partial charge is 0.493 e. The monoisotopic (exact) mass is 515 g/mol. The number of carboxylic acid groups (broad SMARTS) is 1. The number of aromatic nitrogens is 1. The zero-order valence-corrected chi connectivity index (χ0v) is 22.2. The number of hydrogen-bond donors (Lipinski definition) is 1. The molecule has 2 heterocycles. The van der Waals surface area contributed by atoms with Crippen LogP contribution < -0.4 is 9.64 Å². The number of benzene rings is 2. The maximum Gasteiger partial charge on any atom is 0.326 e. The molecule has 8 heteroatoms. The van der Waals surface area contributed by atoms with Gasteiger partial charge in [0.2, 0.25) is 11.8 Å². The third-order valence-electron chi connectivity index (χ3n) is 6.55. The Bertz CT molecular complexity index is 1350. The highest BCUT2D eigenvalue weighted by Gasteiger charge is 2.33. The molecule has 0 unspecified atom stereocenters. The topological polar surface area (TPSA) is 96.1 Å². The lowest BCUT2D eigenvalue weighted by Crippen LogP contribution is -2.48. The van der Waals surface area contributed by atoms with Crippen LogP contribution >= 0.6 is 0 Å². The summed E-state index contributed by atoms with van der Waals surface area (Å²) >= 11 is 0. The van der Waals surface area contributed by atoms with Crippen molar-refractivity contribution in [3.05, 3.63) is 89.3 Å². The Kier molecular flexibility index (Phi) is 8.31. The summed E-state index contributed by atoms with van der Waals surface area (Å²) in [6.45, 7) is 4.35. The van der Waals surface area contributed by atoms with Crippen molar-refractivity contribution in [2.75, 3.05) is 25.6 Å². The number of allylic oxidation sites excluding steroid dienone is 3. The van der Waals surface area contributed by atoms with Crippen molar-refractivity contribution in [2.45, 2.75) is 39.3 Å². The lowest BCUT2D eigenvalue weighted by atomic mass is 9.93. The number of carbonyl (C=O) groups is 2. The first-order valence-electron chi connectivity index (χ1n) is 12.6. The molecule has 38 heavy (non-hydrogen) atoms. The highest BCUT2D eigenvalue weighted by Crippen LogP contribution is 2.28. The second kappa shape index (κ2) is 11.8. The van der Waals surface area contributed by atoms with E-state index < -0.39 is 12.0 Å². The molecule has 1 aromatic heterocycles. The van der Waals surface area contributed by atoms with Gasteiger partial charge in [0.25, 0.3) is 0 Å². The summed E-state index contributed by atoms with van der Waals surface area (Å²) < 4.78 is 11.9. The summed E-state index contributed by atoms with van der Waals surface area (Å²) in [5.41, 5.74) is 4.65. The van der Waals surface area contributed by atoms with E-state index in [-0.39, 0.29) is 18.9 Å². The molecule has 0 saturated carbocycles. The molecular formula is C30H33N3O5. The number of aryl methyl sites for hydroxylation is 1. The number of anilines is 1. The third-order valence-corrected chi connectivity index (χ3v) is 6.55. The van der Waals surface area contributed by atoms with Gasteiger partial charge < -0.3 is 24.1 Å². The van der Waals surface area contributed by atoms with E-state index in [9.17, 15) is 14.7 Å². The van der Waals surface area contributed by atoms with Gasteiger partial charge in [-0.25, -0.2) is 9.78 Å². The Morgan fingerprint density at radius 3 is 2.61 bits per heavy atom. The maximum atomic E-state index is 12.7. The molecule has 1 aliphatic rings. The van der Waals surface area contributed by atoms with E-state index in [0.29, 0.717) is 24.7 Å². The van der Waals surface area contributed by atoms with Gasteiger partial charge in [-0.05, 0) is 61.4 Å². The molecule has 0 saturated heterocycles. The molecule has 1 atom stereocenters. The van der Waals surface area contributed by atoms with Gasteiger partial charge in [-0.3, -0.25) is 4.79 Å². The molecule has 0 radical (unpaired) electrons. The normalized spacial score (nSPS) is 15.2. The highest BCUT2D eigenvalue weighted by atomic mass is 16.5. The van der Waals surface area contributed by atoms with E-state index in [1.165, 1.54) is 11.0 Å². The van der Waals surface area contributed by atoms with Crippen molar-refractivity contribution in [1.29, 1.82) is 0 Å². The molecule has 4 rings (SSSR count). The second-order valence-electron chi connectivity index (χ2n) is 9.40. The van der Waals surface area contributed by atoms with Crippen molar-refractivity contribution in [3.8, 4) is 17.2 Å². The summed E-state index contributed by atoms with van der Waals surface area (Å²) in [6.07, 6.45) is 7.38. The number of carboxylic acids is 1. The molecule has 0 bridgehead atoms. The van der Waals surface area contributed by atoms with Crippen molar-refractivity contribution in [3.63, 3.8) is 0 Å². The van der Waals surface area contributed by atoms with Gasteiger partial charge in [-0.1, -0.05) is 24.3 Å². The summed E-state index contributed by atoms with van der Waals surface area (Å²) in [5, 5.41) is 9.69. The van der Waals surface area contributed by atoms with E-state index in [2.05, 4.69) is 4.98 Å². The van der Waals surface area contributed by atoms with Gasteiger partial charge in [-0.15, -0.1) is 0 Å². The van der Waals surface area contributed by atoms with Crippen LogP contribution in [0.1, 0.15) is 29.5 Å². The Morgan fingerprint density at radius 2 is 1.92 bits per heavy atom. The molecular weight excluding hydrogens is 482 g/mol. The van der Waals surface area contributed by atoms with Gasteiger partial charge in [0, 0.05) is 50.8 Å². The first kappa shape index (κ1) is 26.7. The average molecular weight is 516 g/mol. The maximum absolute atomic E-state index is 12.7. The molecule has 8 nitrogen and oxygen atoms in total. The van der Waals surface area contributed by atoms with Crippen LogP contribution in [0, 0.1) is 6.92 Å². The SMILES string of the molecule is C/C=C/C=C/C(=O)N1Cc2cc(OCCc3nc(-c4ccc(N(C)C)cc4)oc3C)ccc2C[C@H]1C(=O)O. The van der Waals surface area contributed by atoms with E-state index in [4.69, 9.17) is 9.15 Å². The summed E-state index contributed by atoms with van der Waals surface area (Å²) in [5.74, 6) is 0.652. The zero-order valence-electron chi connectivity index (χ0n) is 22.2. The lowest BCUT2D eigenvalue weighted by molar-refractivity contribution is -0.149. The molecule has 1 aliphatic heterocycles. The highest BCUT2D eigenvalue weighted by molar-refractivity contribution is 5.92. The number of amides is 1. The number of carbonyl (C=O) groups excluding carboxylic acids is 1. The average Bonchev–Trinajstić information content (AvgIpc) is 3.28. The second-order valence-corrected chi connectivity index (χ2v) is 9.40. The summed E-state index contributed by atoms with van der Waals surface area (Å²) in [7, 11) is 3.99. The van der Waals surface area contributed by atoms with Crippen LogP contribution in [-0.4, -0.2) is 53.6 Å². The molecule has 198 valence electrons. The fourth-order valence-electron chi connectivity index (χ4n) is 4.40. The smallest absolute Gasteiger partial charge is 0.326 e. The molecule has 3 aromatic rings. The Labute approximate surface area is 222 Å². The number of hydrogen-bond acceptors (Lipinski definition) is 6. The zero-order chi connectivity index (χ0) is 27.2. The van der Waals surface area contributed by atoms with Crippen LogP contribution in [0.5, 0.6) is 5.75 Å². The number of rotatable bonds is 9. The number of oxazole rings is 1. The van der Waals surface area contributed by atoms with Crippen LogP contribution in [0.25, 0.3) is 11.5 Å². The first-order chi connectivity index (χ1) is 18.3. The molecule has 1 N–H and O–H groups in total. The standard InChI is InChI=1S/C30H33N3O5/c1-5-6-7-8-28(34)33-19-23-17-25(14-11-22(23)18-27(33)30(35)36)37-16-15-26-20(2)38-29(31-26)21-9-12-24(13-10-21)32(3)4/h5-14,17,27H,15-16,18-19H2,1-4H3,(H,35,36)/b6-5+,8-7+/t27-/m0/s1. The van der Waals surface area contributed by atoms with Crippen LogP contribution in [0.3, 0.4) is 0 Å². The van der Waals surface area contributed by atoms with Gasteiger partial charge in [0.1, 0.15) is 17.6 Å². The quantitative estimate of drug-likeness (QED) is 0.323. The van der Waals surface area contributed by atoms with Crippen molar-refractivity contribution < 1.29 is 23.8 Å². The minimum absolute atomic E-state index is 0.209. The Morgan fingerprint density at radius 1 is 1.16 bits per heavy atom. The number of nitrogens with zero attached hydrogens (tertiary/aromatic N) is 3. The van der Waals surface area contributed by atoms with Crippen LogP contribution in [0.15, 0.2) is 71.2 Å². The molecule has 2 aromatic carbocycles. The lowest BCUT2D eigenvalue weighted by Gasteiger charge is -2.34. The Hall–Kier alpha value is -4.33. The van der Waals surface area contributed by atoms with Gasteiger partial charge >= 0.3 is 5.97 Å². The molecule has 1 amide bonds. The van der Waals surface area contributed by atoms with Gasteiger partial charge in [-0.2, -0.15) is 0 Å². The Balaban J connectivity index is 1.41. The number of ether oxygens (including phenoxy) is 1. The minimum Gasteiger partial charge on any atom is -0.493 e. The number of fused-ring (bicyclic) bond motifs is 1. The van der Waals surface area contributed by atoms with E-state index in [1.54, 1.807) is 18.2 Å². The molecule has 0 spiro atoms. The van der Waals surface area contributed by atoms with Crippen LogP contribution in [-0.2, 0) is 29.0 Å². The van der Waals surface area contributed by atoms with Crippen molar-refractivity contribution in [1.82, 2.24) is 9.88 Å². The van der Waals surface area contributed by atoms with Gasteiger partial charge in [0.15, 0.2) is 0 Å².